The molecule has 2 nitrogen and oxygen atoms in total. The molecular formula is C13H9BrN2. The maximum Gasteiger partial charge on any atom is 0.0991 e. The van der Waals surface area contributed by atoms with Crippen molar-refractivity contribution in [3.05, 3.63) is 65.5 Å². The van der Waals surface area contributed by atoms with Gasteiger partial charge in [0.2, 0.25) is 0 Å². The van der Waals surface area contributed by atoms with Crippen LogP contribution in [0.4, 0.5) is 0 Å². The molecule has 2 rings (SSSR count). The second-order valence-electron chi connectivity index (χ2n) is 3.38. The average Bonchev–Trinajstić information content (AvgIpc) is 2.39. The van der Waals surface area contributed by atoms with Gasteiger partial charge in [0.15, 0.2) is 0 Å². The maximum atomic E-state index is 8.71. The minimum absolute atomic E-state index is 0.142. The Bertz CT molecular complexity index is 500. The molecule has 0 saturated carbocycles. The predicted molar refractivity (Wildman–Crippen MR) is 66.2 cm³/mol. The molecule has 1 atom stereocenters. The van der Waals surface area contributed by atoms with Crippen molar-refractivity contribution >= 4 is 15.9 Å². The van der Waals surface area contributed by atoms with Gasteiger partial charge in [0.1, 0.15) is 0 Å². The van der Waals surface area contributed by atoms with Gasteiger partial charge in [0.05, 0.1) is 16.5 Å². The van der Waals surface area contributed by atoms with Crippen LogP contribution in [0.2, 0.25) is 0 Å². The van der Waals surface area contributed by atoms with Gasteiger partial charge < -0.3 is 0 Å². The van der Waals surface area contributed by atoms with E-state index in [1.54, 1.807) is 12.4 Å². The van der Waals surface area contributed by atoms with E-state index in [0.29, 0.717) is 5.56 Å². The van der Waals surface area contributed by atoms with Gasteiger partial charge in [-0.05, 0) is 35.4 Å². The predicted octanol–water partition coefficient (Wildman–Crippen LogP) is 3.44. The number of pyridine rings is 1. The van der Waals surface area contributed by atoms with Crippen molar-refractivity contribution in [2.75, 3.05) is 0 Å². The quantitative estimate of drug-likeness (QED) is 0.786. The Hall–Kier alpha value is -1.66. The highest BCUT2D eigenvalue weighted by Gasteiger charge is 2.09. The highest BCUT2D eigenvalue weighted by Crippen LogP contribution is 2.30. The molecule has 0 amide bonds. The van der Waals surface area contributed by atoms with Crippen molar-refractivity contribution in [2.24, 2.45) is 0 Å². The van der Waals surface area contributed by atoms with E-state index in [0.717, 1.165) is 11.1 Å². The lowest BCUT2D eigenvalue weighted by Gasteiger charge is -2.09. The van der Waals surface area contributed by atoms with Crippen molar-refractivity contribution in [3.8, 4) is 6.07 Å². The molecule has 0 radical (unpaired) electrons. The summed E-state index contributed by atoms with van der Waals surface area (Å²) in [7, 11) is 0. The number of rotatable bonds is 2. The summed E-state index contributed by atoms with van der Waals surface area (Å²) in [6, 6.07) is 13.6. The number of hydrogen-bond acceptors (Lipinski definition) is 2. The van der Waals surface area contributed by atoms with Crippen molar-refractivity contribution in [2.45, 2.75) is 4.83 Å². The monoisotopic (exact) mass is 272 g/mol. The maximum absolute atomic E-state index is 8.71. The molecule has 1 unspecified atom stereocenters. The van der Waals surface area contributed by atoms with E-state index in [1.165, 1.54) is 0 Å². The summed E-state index contributed by atoms with van der Waals surface area (Å²) in [6.45, 7) is 0. The SMILES string of the molecule is N#Cc1ccc(C(Br)c2ccncc2)cc1. The minimum atomic E-state index is 0.142. The van der Waals surface area contributed by atoms with Gasteiger partial charge in [-0.2, -0.15) is 5.26 Å². The molecule has 0 saturated heterocycles. The van der Waals surface area contributed by atoms with E-state index in [-0.39, 0.29) is 4.83 Å². The van der Waals surface area contributed by atoms with Crippen molar-refractivity contribution in [1.29, 1.82) is 5.26 Å². The van der Waals surface area contributed by atoms with Gasteiger partial charge in [-0.25, -0.2) is 0 Å². The Morgan fingerprint density at radius 1 is 1.00 bits per heavy atom. The summed E-state index contributed by atoms with van der Waals surface area (Å²) < 4.78 is 0. The second-order valence-corrected chi connectivity index (χ2v) is 4.29. The summed E-state index contributed by atoms with van der Waals surface area (Å²) in [6.07, 6.45) is 3.54. The lowest BCUT2D eigenvalue weighted by Crippen LogP contribution is -1.92. The molecule has 16 heavy (non-hydrogen) atoms. The second kappa shape index (κ2) is 4.91. The van der Waals surface area contributed by atoms with Crippen LogP contribution in [0.15, 0.2) is 48.8 Å². The minimum Gasteiger partial charge on any atom is -0.265 e. The Labute approximate surface area is 103 Å². The highest BCUT2D eigenvalue weighted by molar-refractivity contribution is 9.09. The van der Waals surface area contributed by atoms with Crippen LogP contribution in [0, 0.1) is 11.3 Å². The molecule has 1 aromatic carbocycles. The smallest absolute Gasteiger partial charge is 0.0991 e. The zero-order valence-electron chi connectivity index (χ0n) is 8.47. The summed E-state index contributed by atoms with van der Waals surface area (Å²) in [5, 5.41) is 8.71. The number of nitriles is 1. The molecule has 78 valence electrons. The van der Waals surface area contributed by atoms with Crippen LogP contribution in [0.25, 0.3) is 0 Å². The van der Waals surface area contributed by atoms with Crippen LogP contribution in [0.1, 0.15) is 21.5 Å². The molecular weight excluding hydrogens is 264 g/mol. The van der Waals surface area contributed by atoms with E-state index in [4.69, 9.17) is 5.26 Å². The highest BCUT2D eigenvalue weighted by atomic mass is 79.9. The number of nitrogens with zero attached hydrogens (tertiary/aromatic N) is 2. The van der Waals surface area contributed by atoms with Crippen LogP contribution in [-0.2, 0) is 0 Å². The molecule has 1 aromatic heterocycles. The third kappa shape index (κ3) is 2.29. The summed E-state index contributed by atoms with van der Waals surface area (Å²) in [5.41, 5.74) is 2.96. The first-order valence-corrected chi connectivity index (χ1v) is 5.77. The van der Waals surface area contributed by atoms with Gasteiger partial charge in [-0.1, -0.05) is 28.1 Å². The number of alkyl halides is 1. The van der Waals surface area contributed by atoms with Crippen molar-refractivity contribution in [3.63, 3.8) is 0 Å². The van der Waals surface area contributed by atoms with Gasteiger partial charge >= 0.3 is 0 Å². The van der Waals surface area contributed by atoms with E-state index in [9.17, 15) is 0 Å². The standard InChI is InChI=1S/C13H9BrN2/c14-13(12-5-7-16-8-6-12)11-3-1-10(9-15)2-4-11/h1-8,13H. The first-order chi connectivity index (χ1) is 7.81. The Balaban J connectivity index is 2.28. The molecule has 0 aliphatic carbocycles. The average molecular weight is 273 g/mol. The van der Waals surface area contributed by atoms with E-state index >= 15 is 0 Å². The molecule has 2 aromatic rings. The fraction of sp³-hybridized carbons (Fsp3) is 0.0769. The number of halogens is 1. The third-order valence-electron chi connectivity index (χ3n) is 2.33. The summed E-state index contributed by atoms with van der Waals surface area (Å²) in [5.74, 6) is 0. The molecule has 0 N–H and O–H groups in total. The van der Waals surface area contributed by atoms with E-state index in [2.05, 4.69) is 27.0 Å². The fourth-order valence-corrected chi connectivity index (χ4v) is 2.06. The van der Waals surface area contributed by atoms with Gasteiger partial charge in [-0.3, -0.25) is 4.98 Å². The normalized spacial score (nSPS) is 11.8. The molecule has 0 spiro atoms. The molecule has 3 heteroatoms. The zero-order chi connectivity index (χ0) is 11.4. The lowest BCUT2D eigenvalue weighted by atomic mass is 10.0. The zero-order valence-corrected chi connectivity index (χ0v) is 10.1. The summed E-state index contributed by atoms with van der Waals surface area (Å²) >= 11 is 3.63. The van der Waals surface area contributed by atoms with Crippen LogP contribution in [0.5, 0.6) is 0 Å². The molecule has 0 fully saturated rings. The Kier molecular flexibility index (Phi) is 3.33. The number of hydrogen-bond donors (Lipinski definition) is 0. The van der Waals surface area contributed by atoms with Crippen molar-refractivity contribution in [1.82, 2.24) is 4.98 Å². The van der Waals surface area contributed by atoms with Crippen molar-refractivity contribution < 1.29 is 0 Å². The lowest BCUT2D eigenvalue weighted by molar-refractivity contribution is 1.15. The first kappa shape index (κ1) is 10.8. The van der Waals surface area contributed by atoms with E-state index < -0.39 is 0 Å². The topological polar surface area (TPSA) is 36.7 Å². The number of aromatic nitrogens is 1. The van der Waals surface area contributed by atoms with E-state index in [1.807, 2.05) is 36.4 Å². The molecule has 0 aliphatic heterocycles. The van der Waals surface area contributed by atoms with Crippen LogP contribution in [0.3, 0.4) is 0 Å². The third-order valence-corrected chi connectivity index (χ3v) is 3.39. The summed E-state index contributed by atoms with van der Waals surface area (Å²) in [4.78, 5) is 4.13. The van der Waals surface area contributed by atoms with Gasteiger partial charge in [0, 0.05) is 12.4 Å². The van der Waals surface area contributed by atoms with Crippen LogP contribution < -0.4 is 0 Å². The first-order valence-electron chi connectivity index (χ1n) is 4.85. The van der Waals surface area contributed by atoms with Crippen LogP contribution in [-0.4, -0.2) is 4.98 Å². The largest absolute Gasteiger partial charge is 0.265 e. The van der Waals surface area contributed by atoms with Crippen LogP contribution >= 0.6 is 15.9 Å². The fourth-order valence-electron chi connectivity index (χ4n) is 1.45. The Morgan fingerprint density at radius 2 is 1.56 bits per heavy atom. The Morgan fingerprint density at radius 3 is 2.12 bits per heavy atom. The van der Waals surface area contributed by atoms with Gasteiger partial charge in [-0.15, -0.1) is 0 Å². The van der Waals surface area contributed by atoms with Gasteiger partial charge in [0.25, 0.3) is 0 Å². The molecule has 0 bridgehead atoms. The molecule has 1 heterocycles. The number of benzene rings is 1. The molecule has 0 aliphatic rings.